The summed E-state index contributed by atoms with van der Waals surface area (Å²) in [5, 5.41) is 2.98. The lowest BCUT2D eigenvalue weighted by molar-refractivity contribution is 0.596. The van der Waals surface area contributed by atoms with Crippen LogP contribution in [-0.2, 0) is 17.6 Å². The first-order valence-corrected chi connectivity index (χ1v) is 12.4. The van der Waals surface area contributed by atoms with Crippen LogP contribution in [0.2, 0.25) is 0 Å². The van der Waals surface area contributed by atoms with Gasteiger partial charge in [0.2, 0.25) is 4.21 Å². The van der Waals surface area contributed by atoms with Crippen LogP contribution in [0.3, 0.4) is 0 Å². The van der Waals surface area contributed by atoms with Crippen molar-refractivity contribution in [3.63, 3.8) is 0 Å². The first kappa shape index (κ1) is 19.5. The van der Waals surface area contributed by atoms with Crippen LogP contribution < -0.4 is 5.73 Å². The largest absolute Gasteiger partial charge is 0.611 e. The second kappa shape index (κ2) is 8.25. The molecule has 1 atom stereocenters. The Bertz CT molecular complexity index is 1090. The average Bonchev–Trinajstić information content (AvgIpc) is 3.36. The van der Waals surface area contributed by atoms with Crippen LogP contribution in [0.5, 0.6) is 0 Å². The van der Waals surface area contributed by atoms with Gasteiger partial charge in [-0.2, -0.15) is 0 Å². The molecule has 4 aromatic rings. The van der Waals surface area contributed by atoms with Gasteiger partial charge in [-0.3, -0.25) is 0 Å². The van der Waals surface area contributed by atoms with Crippen LogP contribution in [0.1, 0.15) is 25.8 Å². The molecule has 0 aliphatic carbocycles. The number of benzene rings is 1. The predicted molar refractivity (Wildman–Crippen MR) is 124 cm³/mol. The molecule has 0 aliphatic rings. The van der Waals surface area contributed by atoms with Crippen molar-refractivity contribution in [1.29, 1.82) is 0 Å². The van der Waals surface area contributed by atoms with E-state index in [-0.39, 0.29) is 0 Å². The smallest absolute Gasteiger partial charge is 0.232 e. The third-order valence-corrected chi connectivity index (χ3v) is 8.71. The molecule has 3 heterocycles. The molecule has 1 aromatic carbocycles. The second-order valence-corrected chi connectivity index (χ2v) is 10.3. The molecule has 6 heteroatoms. The summed E-state index contributed by atoms with van der Waals surface area (Å²) >= 11 is 2.05. The lowest BCUT2D eigenvalue weighted by atomic mass is 10.00. The average molecular weight is 427 g/mol. The maximum Gasteiger partial charge on any atom is 0.232 e. The summed E-state index contributed by atoms with van der Waals surface area (Å²) in [6, 6.07) is 14.8. The van der Waals surface area contributed by atoms with Gasteiger partial charge in [-0.25, -0.2) is 4.98 Å². The first-order chi connectivity index (χ1) is 13.6. The van der Waals surface area contributed by atoms with Crippen molar-refractivity contribution in [3.8, 4) is 21.7 Å². The molecule has 0 saturated carbocycles. The number of thiophene rings is 2. The van der Waals surface area contributed by atoms with E-state index in [2.05, 4.69) is 48.7 Å². The number of pyridine rings is 1. The quantitative estimate of drug-likeness (QED) is 0.365. The highest BCUT2D eigenvalue weighted by atomic mass is 32.2. The van der Waals surface area contributed by atoms with Crippen LogP contribution in [0.25, 0.3) is 31.9 Å². The number of anilines is 1. The van der Waals surface area contributed by atoms with Gasteiger partial charge in [-0.05, 0) is 58.2 Å². The number of nitrogens with two attached hydrogens (primary N) is 1. The van der Waals surface area contributed by atoms with Crippen molar-refractivity contribution in [2.45, 2.75) is 30.9 Å². The van der Waals surface area contributed by atoms with Gasteiger partial charge < -0.3 is 10.3 Å². The molecule has 0 fully saturated rings. The van der Waals surface area contributed by atoms with Gasteiger partial charge in [0.15, 0.2) is 0 Å². The number of fused-ring (bicyclic) bond motifs is 1. The number of hydrogen-bond donors (Lipinski definition) is 1. The Morgan fingerprint density at radius 2 is 1.93 bits per heavy atom. The maximum atomic E-state index is 12.7. The summed E-state index contributed by atoms with van der Waals surface area (Å²) in [6.07, 6.45) is 1.87. The highest BCUT2D eigenvalue weighted by Gasteiger charge is 2.24. The monoisotopic (exact) mass is 426 g/mol. The summed E-state index contributed by atoms with van der Waals surface area (Å²) in [6.45, 7) is 4.19. The Morgan fingerprint density at radius 1 is 1.14 bits per heavy atom. The number of aryl methyl sites for hydroxylation is 1. The van der Waals surface area contributed by atoms with Crippen LogP contribution in [-0.4, -0.2) is 15.3 Å². The first-order valence-electron chi connectivity index (χ1n) is 9.37. The Morgan fingerprint density at radius 3 is 2.57 bits per heavy atom. The number of hydrogen-bond acceptors (Lipinski definition) is 5. The summed E-state index contributed by atoms with van der Waals surface area (Å²) < 4.78 is 13.4. The van der Waals surface area contributed by atoms with Gasteiger partial charge in [0.25, 0.3) is 0 Å². The molecule has 0 aliphatic heterocycles. The molecule has 4 rings (SSSR count). The van der Waals surface area contributed by atoms with Crippen LogP contribution in [0.15, 0.2) is 52.1 Å². The minimum atomic E-state index is -1.08. The maximum absolute atomic E-state index is 12.7. The van der Waals surface area contributed by atoms with E-state index >= 15 is 0 Å². The second-order valence-electron chi connectivity index (χ2n) is 6.62. The van der Waals surface area contributed by atoms with E-state index in [4.69, 9.17) is 10.7 Å². The van der Waals surface area contributed by atoms with Gasteiger partial charge in [-0.15, -0.1) is 11.3 Å². The SMILES string of the molecule is CCC[S+]([O-])c1sc2nc(-c3cccs3)cc(-c3ccc(CC)cc3)c2c1N. The van der Waals surface area contributed by atoms with Crippen molar-refractivity contribution in [1.82, 2.24) is 4.98 Å². The third kappa shape index (κ3) is 3.57. The number of nitrogens with zero attached hydrogens (tertiary/aromatic N) is 1. The molecule has 144 valence electrons. The molecule has 3 aromatic heterocycles. The lowest BCUT2D eigenvalue weighted by Crippen LogP contribution is -2.06. The fraction of sp³-hybridized carbons (Fsp3) is 0.227. The topological polar surface area (TPSA) is 62.0 Å². The van der Waals surface area contributed by atoms with Gasteiger partial charge in [0.05, 0.1) is 10.6 Å². The van der Waals surface area contributed by atoms with Gasteiger partial charge in [0.1, 0.15) is 16.3 Å². The van der Waals surface area contributed by atoms with Crippen LogP contribution >= 0.6 is 22.7 Å². The Hall–Kier alpha value is -1.86. The normalized spacial score (nSPS) is 12.5. The zero-order valence-corrected chi connectivity index (χ0v) is 18.3. The van der Waals surface area contributed by atoms with E-state index in [1.165, 1.54) is 16.9 Å². The fourth-order valence-electron chi connectivity index (χ4n) is 3.25. The molecule has 0 saturated heterocycles. The fourth-order valence-corrected chi connectivity index (χ4v) is 6.55. The molecule has 0 spiro atoms. The summed E-state index contributed by atoms with van der Waals surface area (Å²) in [5.41, 5.74) is 11.5. The summed E-state index contributed by atoms with van der Waals surface area (Å²) in [7, 11) is 0. The van der Waals surface area contributed by atoms with E-state index in [0.717, 1.165) is 49.0 Å². The molecule has 3 nitrogen and oxygen atoms in total. The molecule has 0 amide bonds. The van der Waals surface area contributed by atoms with E-state index in [1.54, 1.807) is 11.3 Å². The molecule has 0 radical (unpaired) electrons. The van der Waals surface area contributed by atoms with Crippen molar-refractivity contribution >= 4 is 49.8 Å². The lowest BCUT2D eigenvalue weighted by Gasteiger charge is -2.09. The molecule has 0 bridgehead atoms. The number of rotatable bonds is 6. The van der Waals surface area contributed by atoms with Crippen molar-refractivity contribution in [2.24, 2.45) is 0 Å². The zero-order valence-electron chi connectivity index (χ0n) is 15.9. The number of nitrogen functional groups attached to an aromatic ring is 1. The Labute approximate surface area is 176 Å². The van der Waals surface area contributed by atoms with E-state index in [9.17, 15) is 4.55 Å². The molecular formula is C22H22N2OS3. The molecule has 1 unspecified atom stereocenters. The molecular weight excluding hydrogens is 404 g/mol. The summed E-state index contributed by atoms with van der Waals surface area (Å²) in [4.78, 5) is 6.86. The highest BCUT2D eigenvalue weighted by molar-refractivity contribution is 7.93. The molecule has 28 heavy (non-hydrogen) atoms. The molecule has 2 N–H and O–H groups in total. The minimum absolute atomic E-state index is 0.617. The Kier molecular flexibility index (Phi) is 5.73. The number of aromatic nitrogens is 1. The third-order valence-electron chi connectivity index (χ3n) is 4.71. The van der Waals surface area contributed by atoms with Crippen molar-refractivity contribution < 1.29 is 4.55 Å². The van der Waals surface area contributed by atoms with Crippen molar-refractivity contribution in [3.05, 3.63) is 53.4 Å². The van der Waals surface area contributed by atoms with Crippen LogP contribution in [0, 0.1) is 0 Å². The van der Waals surface area contributed by atoms with Gasteiger partial charge in [0, 0.05) is 5.39 Å². The summed E-state index contributed by atoms with van der Waals surface area (Å²) in [5.74, 6) is 0.620. The standard InChI is InChI=1S/C22H22N2OS3/c1-3-12-28(25)22-20(23)19-16(15-9-7-14(4-2)8-10-15)13-17(24-21(19)27-22)18-6-5-11-26-18/h5-11,13H,3-4,12,23H2,1-2H3. The Balaban J connectivity index is 1.96. The van der Waals surface area contributed by atoms with Gasteiger partial charge in [-0.1, -0.05) is 55.5 Å². The van der Waals surface area contributed by atoms with E-state index in [0.29, 0.717) is 11.4 Å². The van der Waals surface area contributed by atoms with Crippen LogP contribution in [0.4, 0.5) is 5.69 Å². The van der Waals surface area contributed by atoms with Crippen molar-refractivity contribution in [2.75, 3.05) is 11.5 Å². The zero-order chi connectivity index (χ0) is 19.7. The van der Waals surface area contributed by atoms with Gasteiger partial charge >= 0.3 is 0 Å². The highest BCUT2D eigenvalue weighted by Crippen LogP contribution is 2.43. The predicted octanol–water partition coefficient (Wildman–Crippen LogP) is 6.35. The van der Waals surface area contributed by atoms with E-state index in [1.807, 2.05) is 13.0 Å². The minimum Gasteiger partial charge on any atom is -0.611 e. The van der Waals surface area contributed by atoms with E-state index < -0.39 is 11.2 Å².